The third kappa shape index (κ3) is 2.30. The van der Waals surface area contributed by atoms with E-state index < -0.39 is 0 Å². The number of nitrogens with zero attached hydrogens (tertiary/aromatic N) is 5. The number of benzene rings is 1. The number of phenolic OH excluding ortho intramolecular Hbond substituents is 1. The Morgan fingerprint density at radius 2 is 1.87 bits per heavy atom. The van der Waals surface area contributed by atoms with Gasteiger partial charge in [-0.1, -0.05) is 18.2 Å². The van der Waals surface area contributed by atoms with Gasteiger partial charge >= 0.3 is 0 Å². The van der Waals surface area contributed by atoms with Gasteiger partial charge in [0.2, 0.25) is 5.82 Å². The lowest BCUT2D eigenvalue weighted by Gasteiger charge is -1.93. The van der Waals surface area contributed by atoms with Crippen molar-refractivity contribution in [3.63, 3.8) is 0 Å². The van der Waals surface area contributed by atoms with Crippen LogP contribution in [0.3, 0.4) is 0 Å². The zero-order valence-corrected chi connectivity index (χ0v) is 12.4. The number of aryl methyl sites for hydroxylation is 1. The molecule has 0 bridgehead atoms. The predicted molar refractivity (Wildman–Crippen MR) is 85.6 cm³/mol. The molecule has 0 atom stereocenters. The molecule has 0 amide bonds. The predicted octanol–water partition coefficient (Wildman–Crippen LogP) is 1.75. The lowest BCUT2D eigenvalue weighted by molar-refractivity contribution is 0.475. The molecule has 0 radical (unpaired) electrons. The Hall–Kier alpha value is -3.28. The molecule has 4 rings (SSSR count). The first-order valence-corrected chi connectivity index (χ1v) is 7.16. The lowest BCUT2D eigenvalue weighted by atomic mass is 10.2. The molecular formula is C17H13N5O. The maximum absolute atomic E-state index is 9.38. The monoisotopic (exact) mass is 303 g/mol. The first-order chi connectivity index (χ1) is 11.2. The molecule has 112 valence electrons. The summed E-state index contributed by atoms with van der Waals surface area (Å²) in [6, 6.07) is 12.6. The van der Waals surface area contributed by atoms with E-state index in [0.29, 0.717) is 11.5 Å². The number of hydrogen-bond donors (Lipinski definition) is 1. The molecule has 6 nitrogen and oxygen atoms in total. The van der Waals surface area contributed by atoms with Crippen molar-refractivity contribution in [2.45, 2.75) is 6.92 Å². The second kappa shape index (κ2) is 5.17. The first kappa shape index (κ1) is 13.4. The lowest BCUT2D eigenvalue weighted by Crippen LogP contribution is -2.03. The van der Waals surface area contributed by atoms with E-state index in [1.54, 1.807) is 22.8 Å². The Morgan fingerprint density at radius 1 is 1.04 bits per heavy atom. The van der Waals surface area contributed by atoms with Crippen LogP contribution in [-0.4, -0.2) is 29.9 Å². The smallest absolute Gasteiger partial charge is 0.203 e. The number of rotatable bonds is 2. The Kier molecular flexibility index (Phi) is 3.01. The summed E-state index contributed by atoms with van der Waals surface area (Å²) in [5.41, 5.74) is 3.24. The van der Waals surface area contributed by atoms with E-state index in [9.17, 15) is 5.11 Å². The van der Waals surface area contributed by atoms with Crippen molar-refractivity contribution >= 4 is 11.7 Å². The number of phenols is 1. The van der Waals surface area contributed by atoms with Crippen LogP contribution in [0.2, 0.25) is 0 Å². The largest absolute Gasteiger partial charge is 0.508 e. The second-order valence-corrected chi connectivity index (χ2v) is 5.21. The molecule has 1 N–H and O–H groups in total. The van der Waals surface area contributed by atoms with E-state index in [1.165, 1.54) is 0 Å². The highest BCUT2D eigenvalue weighted by Crippen LogP contribution is 2.14. The van der Waals surface area contributed by atoms with Gasteiger partial charge in [-0.05, 0) is 42.8 Å². The standard InChI is InChI=1S/C17H13N5O/c1-11-14(10-12-5-7-13(23)8-6-12)16-19-20-17(22(16)21-11)15-4-2-3-9-18-15/h2-10,23H,1H3. The molecule has 0 saturated carbocycles. The fourth-order valence-electron chi connectivity index (χ4n) is 2.47. The van der Waals surface area contributed by atoms with E-state index in [0.717, 1.165) is 22.2 Å². The molecular weight excluding hydrogens is 290 g/mol. The van der Waals surface area contributed by atoms with Gasteiger partial charge in [-0.3, -0.25) is 4.98 Å². The van der Waals surface area contributed by atoms with Crippen LogP contribution in [0.4, 0.5) is 0 Å². The van der Waals surface area contributed by atoms with Crippen molar-refractivity contribution in [3.05, 3.63) is 65.1 Å². The molecule has 0 unspecified atom stereocenters. The Bertz CT molecular complexity index is 1020. The van der Waals surface area contributed by atoms with Crippen LogP contribution in [0.25, 0.3) is 23.2 Å². The molecule has 0 aliphatic rings. The summed E-state index contributed by atoms with van der Waals surface area (Å²) in [5.74, 6) is 0.860. The van der Waals surface area contributed by atoms with Crippen LogP contribution >= 0.6 is 0 Å². The summed E-state index contributed by atoms with van der Waals surface area (Å²) in [6.45, 7) is 1.93. The molecule has 3 aromatic heterocycles. The fourth-order valence-corrected chi connectivity index (χ4v) is 2.47. The van der Waals surface area contributed by atoms with E-state index in [2.05, 4.69) is 20.3 Å². The van der Waals surface area contributed by atoms with Gasteiger partial charge in [0.05, 0.1) is 5.69 Å². The maximum atomic E-state index is 9.38. The van der Waals surface area contributed by atoms with Crippen molar-refractivity contribution in [1.82, 2.24) is 24.8 Å². The summed E-state index contributed by atoms with van der Waals surface area (Å²) in [5, 5.41) is 23.3. The second-order valence-electron chi connectivity index (χ2n) is 5.21. The summed E-state index contributed by atoms with van der Waals surface area (Å²) < 4.78 is 1.71. The first-order valence-electron chi connectivity index (χ1n) is 7.16. The highest BCUT2D eigenvalue weighted by molar-refractivity contribution is 5.61. The highest BCUT2D eigenvalue weighted by Gasteiger charge is 2.14. The Labute approximate surface area is 131 Å². The number of pyridine rings is 1. The molecule has 0 aliphatic carbocycles. The fraction of sp³-hybridized carbons (Fsp3) is 0.0588. The quantitative estimate of drug-likeness (QED) is 0.610. The minimum atomic E-state index is 0.240. The Balaban J connectivity index is 1.91. The molecule has 6 heteroatoms. The zero-order chi connectivity index (χ0) is 15.8. The molecule has 23 heavy (non-hydrogen) atoms. The van der Waals surface area contributed by atoms with Gasteiger partial charge in [0.25, 0.3) is 0 Å². The van der Waals surface area contributed by atoms with E-state index in [1.807, 2.05) is 43.3 Å². The number of fused-ring (bicyclic) bond motifs is 1. The van der Waals surface area contributed by atoms with Crippen LogP contribution in [0, 0.1) is 6.92 Å². The SMILES string of the molecule is Cc1nn2c(-c3ccccn3)nnc2c1=Cc1ccc(O)cc1. The van der Waals surface area contributed by atoms with Gasteiger partial charge in [-0.25, -0.2) is 0 Å². The minimum absolute atomic E-state index is 0.240. The van der Waals surface area contributed by atoms with Gasteiger partial charge in [0.15, 0.2) is 5.65 Å². The van der Waals surface area contributed by atoms with Crippen LogP contribution in [0.1, 0.15) is 11.3 Å². The average Bonchev–Trinajstić information content (AvgIpc) is 3.10. The van der Waals surface area contributed by atoms with Crippen LogP contribution in [0.5, 0.6) is 5.75 Å². The summed E-state index contributed by atoms with van der Waals surface area (Å²) in [7, 11) is 0. The summed E-state index contributed by atoms with van der Waals surface area (Å²) in [6.07, 6.45) is 3.70. The van der Waals surface area contributed by atoms with Crippen LogP contribution in [-0.2, 0) is 0 Å². The van der Waals surface area contributed by atoms with Crippen molar-refractivity contribution in [1.29, 1.82) is 0 Å². The third-order valence-electron chi connectivity index (χ3n) is 3.62. The zero-order valence-electron chi connectivity index (χ0n) is 12.4. The topological polar surface area (TPSA) is 76.2 Å². The normalized spacial score (nSPS) is 12.1. The van der Waals surface area contributed by atoms with Crippen LogP contribution < -0.4 is 5.22 Å². The van der Waals surface area contributed by atoms with Crippen LogP contribution in [0.15, 0.2) is 48.7 Å². The molecule has 0 fully saturated rings. The van der Waals surface area contributed by atoms with E-state index in [4.69, 9.17) is 0 Å². The van der Waals surface area contributed by atoms with Gasteiger partial charge in [0, 0.05) is 11.4 Å². The highest BCUT2D eigenvalue weighted by atomic mass is 16.3. The van der Waals surface area contributed by atoms with Gasteiger partial charge in [-0.2, -0.15) is 9.61 Å². The van der Waals surface area contributed by atoms with Crippen molar-refractivity contribution in [2.24, 2.45) is 0 Å². The minimum Gasteiger partial charge on any atom is -0.508 e. The van der Waals surface area contributed by atoms with Gasteiger partial charge < -0.3 is 5.11 Å². The van der Waals surface area contributed by atoms with E-state index >= 15 is 0 Å². The molecule has 0 aliphatic heterocycles. The number of hydrogen-bond acceptors (Lipinski definition) is 5. The molecule has 4 aromatic rings. The molecule has 0 spiro atoms. The third-order valence-corrected chi connectivity index (χ3v) is 3.62. The van der Waals surface area contributed by atoms with Crippen molar-refractivity contribution in [2.75, 3.05) is 0 Å². The molecule has 3 heterocycles. The average molecular weight is 303 g/mol. The maximum Gasteiger partial charge on any atom is 0.203 e. The van der Waals surface area contributed by atoms with E-state index in [-0.39, 0.29) is 5.75 Å². The number of aromatic nitrogens is 5. The summed E-state index contributed by atoms with van der Waals surface area (Å²) in [4.78, 5) is 4.30. The Morgan fingerprint density at radius 3 is 2.61 bits per heavy atom. The summed E-state index contributed by atoms with van der Waals surface area (Å²) >= 11 is 0. The molecule has 1 aromatic carbocycles. The van der Waals surface area contributed by atoms with Crippen molar-refractivity contribution in [3.8, 4) is 17.3 Å². The van der Waals surface area contributed by atoms with Gasteiger partial charge in [-0.15, -0.1) is 10.2 Å². The van der Waals surface area contributed by atoms with Gasteiger partial charge in [0.1, 0.15) is 11.4 Å². The molecule has 0 saturated heterocycles. The van der Waals surface area contributed by atoms with Crippen molar-refractivity contribution < 1.29 is 5.11 Å². The number of aromatic hydroxyl groups is 1.